The van der Waals surface area contributed by atoms with Gasteiger partial charge in [-0.05, 0) is 38.5 Å². The highest BCUT2D eigenvalue weighted by molar-refractivity contribution is 5.85. The quantitative estimate of drug-likeness (QED) is 0.843. The van der Waals surface area contributed by atoms with Gasteiger partial charge >= 0.3 is 6.09 Å². The highest BCUT2D eigenvalue weighted by atomic mass is 19.1. The minimum atomic E-state index is -0.889. The molecule has 1 aromatic carbocycles. The van der Waals surface area contributed by atoms with E-state index >= 15 is 0 Å². The van der Waals surface area contributed by atoms with Gasteiger partial charge in [0.05, 0.1) is 7.11 Å². The Morgan fingerprint density at radius 1 is 1.26 bits per heavy atom. The molecule has 0 aromatic heterocycles. The smallest absolute Gasteiger partial charge is 0.408 e. The fourth-order valence-electron chi connectivity index (χ4n) is 1.82. The molecular formula is C16H23FN2O4. The molecule has 0 aliphatic carbocycles. The van der Waals surface area contributed by atoms with Crippen molar-refractivity contribution in [3.8, 4) is 0 Å². The Morgan fingerprint density at radius 3 is 2.30 bits per heavy atom. The second kappa shape index (κ2) is 7.92. The normalized spacial score (nSPS) is 12.4. The van der Waals surface area contributed by atoms with Crippen LogP contribution in [0.25, 0.3) is 0 Å². The molecule has 7 heteroatoms. The van der Waals surface area contributed by atoms with Gasteiger partial charge in [0.2, 0.25) is 0 Å². The van der Waals surface area contributed by atoms with E-state index in [0.717, 1.165) is 5.06 Å². The van der Waals surface area contributed by atoms with Gasteiger partial charge in [0, 0.05) is 13.5 Å². The summed E-state index contributed by atoms with van der Waals surface area (Å²) in [7, 11) is 2.79. The Bertz CT molecular complexity index is 540. The third kappa shape index (κ3) is 6.65. The van der Waals surface area contributed by atoms with Crippen LogP contribution in [0.4, 0.5) is 9.18 Å². The molecule has 23 heavy (non-hydrogen) atoms. The van der Waals surface area contributed by atoms with Crippen LogP contribution in [0.3, 0.4) is 0 Å². The molecule has 2 amide bonds. The van der Waals surface area contributed by atoms with E-state index in [9.17, 15) is 14.0 Å². The molecule has 1 atom stereocenters. The maximum Gasteiger partial charge on any atom is 0.408 e. The first-order chi connectivity index (χ1) is 10.6. The third-order valence-electron chi connectivity index (χ3n) is 2.93. The number of hydrogen-bond donors (Lipinski definition) is 1. The minimum absolute atomic E-state index is 0.187. The summed E-state index contributed by atoms with van der Waals surface area (Å²) in [5.41, 5.74) is 0.0195. The van der Waals surface area contributed by atoms with Gasteiger partial charge in [-0.2, -0.15) is 0 Å². The third-order valence-corrected chi connectivity index (χ3v) is 2.93. The van der Waals surface area contributed by atoms with Crippen molar-refractivity contribution in [2.75, 3.05) is 14.2 Å². The Kier molecular flexibility index (Phi) is 6.50. The average molecular weight is 326 g/mol. The molecule has 0 aliphatic heterocycles. The van der Waals surface area contributed by atoms with Crippen molar-refractivity contribution in [2.45, 2.75) is 38.8 Å². The number of nitrogens with zero attached hydrogens (tertiary/aromatic N) is 1. The fourth-order valence-corrected chi connectivity index (χ4v) is 1.82. The summed E-state index contributed by atoms with van der Waals surface area (Å²) in [6.45, 7) is 5.18. The number of carbonyl (C=O) groups excluding carboxylic acids is 2. The number of hydrogen-bond acceptors (Lipinski definition) is 4. The van der Waals surface area contributed by atoms with Gasteiger partial charge < -0.3 is 10.1 Å². The number of halogens is 1. The van der Waals surface area contributed by atoms with Crippen molar-refractivity contribution in [1.29, 1.82) is 0 Å². The molecule has 6 nitrogen and oxygen atoms in total. The number of likely N-dealkylation sites (N-methyl/N-ethyl adjacent to an activating group) is 1. The van der Waals surface area contributed by atoms with Crippen LogP contribution >= 0.6 is 0 Å². The first-order valence-corrected chi connectivity index (χ1v) is 7.18. The van der Waals surface area contributed by atoms with E-state index in [2.05, 4.69) is 5.32 Å². The van der Waals surface area contributed by atoms with Crippen LogP contribution < -0.4 is 5.32 Å². The molecule has 0 spiro atoms. The number of ether oxygens (including phenoxy) is 1. The number of benzene rings is 1. The summed E-state index contributed by atoms with van der Waals surface area (Å²) in [5.74, 6) is -0.812. The van der Waals surface area contributed by atoms with Crippen molar-refractivity contribution in [3.63, 3.8) is 0 Å². The van der Waals surface area contributed by atoms with E-state index in [1.165, 1.54) is 26.3 Å². The van der Waals surface area contributed by atoms with Crippen LogP contribution in [0, 0.1) is 5.82 Å². The van der Waals surface area contributed by atoms with E-state index in [1.54, 1.807) is 32.9 Å². The van der Waals surface area contributed by atoms with Gasteiger partial charge in [-0.1, -0.05) is 12.1 Å². The van der Waals surface area contributed by atoms with Crippen molar-refractivity contribution in [2.24, 2.45) is 0 Å². The Balaban J connectivity index is 2.86. The summed E-state index contributed by atoms with van der Waals surface area (Å²) in [4.78, 5) is 29.1. The molecule has 0 saturated heterocycles. The standard InChI is InChI=1S/C16H23FN2O4/c1-16(2,3)23-15(21)18-13(14(20)19(4)22-5)10-11-6-8-12(17)9-7-11/h6-9,13H,10H2,1-5H3,(H,18,21). The second-order valence-electron chi connectivity index (χ2n) is 6.05. The van der Waals surface area contributed by atoms with Gasteiger partial charge in [-0.25, -0.2) is 14.2 Å². The van der Waals surface area contributed by atoms with Gasteiger partial charge in [0.25, 0.3) is 5.91 Å². The van der Waals surface area contributed by atoms with Crippen molar-refractivity contribution >= 4 is 12.0 Å². The zero-order valence-corrected chi connectivity index (χ0v) is 14.1. The van der Waals surface area contributed by atoms with Gasteiger partial charge in [-0.3, -0.25) is 9.63 Å². The van der Waals surface area contributed by atoms with Gasteiger partial charge in [-0.15, -0.1) is 0 Å². The molecule has 1 rings (SSSR count). The molecular weight excluding hydrogens is 303 g/mol. The van der Waals surface area contributed by atoms with Crippen LogP contribution in [0.2, 0.25) is 0 Å². The van der Waals surface area contributed by atoms with Crippen molar-refractivity contribution in [1.82, 2.24) is 10.4 Å². The summed E-state index contributed by atoms with van der Waals surface area (Å²) >= 11 is 0. The van der Waals surface area contributed by atoms with Gasteiger partial charge in [0.1, 0.15) is 17.5 Å². The molecule has 0 fully saturated rings. The van der Waals surface area contributed by atoms with Crippen LogP contribution in [-0.2, 0) is 20.8 Å². The predicted molar refractivity (Wildman–Crippen MR) is 83.0 cm³/mol. The topological polar surface area (TPSA) is 67.9 Å². The highest BCUT2D eigenvalue weighted by Gasteiger charge is 2.27. The maximum atomic E-state index is 13.0. The molecule has 1 unspecified atom stereocenters. The summed E-state index contributed by atoms with van der Waals surface area (Å²) < 4.78 is 18.1. The van der Waals surface area contributed by atoms with Crippen molar-refractivity contribution in [3.05, 3.63) is 35.6 Å². The lowest BCUT2D eigenvalue weighted by atomic mass is 10.1. The van der Waals surface area contributed by atoms with E-state index in [-0.39, 0.29) is 12.2 Å². The lowest BCUT2D eigenvalue weighted by molar-refractivity contribution is -0.171. The lowest BCUT2D eigenvalue weighted by Gasteiger charge is -2.25. The second-order valence-corrected chi connectivity index (χ2v) is 6.05. The van der Waals surface area contributed by atoms with E-state index < -0.39 is 23.6 Å². The number of rotatable bonds is 5. The number of nitrogens with one attached hydrogen (secondary N) is 1. The van der Waals surface area contributed by atoms with Crippen molar-refractivity contribution < 1.29 is 23.6 Å². The number of hydroxylamine groups is 2. The number of carbonyl (C=O) groups is 2. The molecule has 1 N–H and O–H groups in total. The minimum Gasteiger partial charge on any atom is -0.444 e. The van der Waals surface area contributed by atoms with E-state index in [0.29, 0.717) is 5.56 Å². The summed E-state index contributed by atoms with van der Waals surface area (Å²) in [5, 5.41) is 3.54. The van der Waals surface area contributed by atoms with Crippen LogP contribution in [0.5, 0.6) is 0 Å². The molecule has 1 aromatic rings. The average Bonchev–Trinajstić information content (AvgIpc) is 2.45. The molecule has 128 valence electrons. The predicted octanol–water partition coefficient (Wildman–Crippen LogP) is 2.28. The lowest BCUT2D eigenvalue weighted by Crippen LogP contribution is -2.49. The highest BCUT2D eigenvalue weighted by Crippen LogP contribution is 2.10. The van der Waals surface area contributed by atoms with Crippen LogP contribution in [0.15, 0.2) is 24.3 Å². The summed E-state index contributed by atoms with van der Waals surface area (Å²) in [6.07, 6.45) is -0.519. The van der Waals surface area contributed by atoms with Crippen LogP contribution in [0.1, 0.15) is 26.3 Å². The molecule has 0 heterocycles. The van der Waals surface area contributed by atoms with E-state index in [4.69, 9.17) is 9.57 Å². The summed E-state index contributed by atoms with van der Waals surface area (Å²) in [6, 6.07) is 4.81. The zero-order valence-electron chi connectivity index (χ0n) is 14.1. The number of amides is 2. The maximum absolute atomic E-state index is 13.0. The monoisotopic (exact) mass is 326 g/mol. The molecule has 0 bridgehead atoms. The zero-order chi connectivity index (χ0) is 17.6. The first kappa shape index (κ1) is 18.9. The Hall–Kier alpha value is -2.15. The largest absolute Gasteiger partial charge is 0.444 e. The van der Waals surface area contributed by atoms with Gasteiger partial charge in [0.15, 0.2) is 0 Å². The molecule has 0 radical (unpaired) electrons. The SMILES string of the molecule is CON(C)C(=O)C(Cc1ccc(F)cc1)NC(=O)OC(C)(C)C. The fraction of sp³-hybridized carbons (Fsp3) is 0.500. The van der Waals surface area contributed by atoms with E-state index in [1.807, 2.05) is 0 Å². The van der Waals surface area contributed by atoms with Crippen LogP contribution in [-0.4, -0.2) is 42.9 Å². The molecule has 0 aliphatic rings. The first-order valence-electron chi connectivity index (χ1n) is 7.18. The Morgan fingerprint density at radius 2 is 1.83 bits per heavy atom. The Labute approximate surface area is 135 Å². The molecule has 0 saturated carbocycles. The number of alkyl carbamates (subject to hydrolysis) is 1.